The van der Waals surface area contributed by atoms with Crippen LogP contribution in [0.3, 0.4) is 0 Å². The minimum absolute atomic E-state index is 0.0671. The summed E-state index contributed by atoms with van der Waals surface area (Å²) in [5.41, 5.74) is 2.77. The van der Waals surface area contributed by atoms with Gasteiger partial charge in [-0.05, 0) is 57.0 Å². The molecular weight excluding hydrogens is 270 g/mol. The summed E-state index contributed by atoms with van der Waals surface area (Å²) in [6.45, 7) is 5.54. The standard InChI is InChI=1S/C20H25NO/c1-4-5-11-19(15-21)13-18-12-9-7-6-8-10-16(2)20(14-18)17(3)22/h4-10,12,14-15,19,21H,11,13H2,1-3H3/b5-4+,7-6?,8-6?,9-7?,10-8?,12-9?,16-10?,18-12?,18-14?,20-14?,20-16?,21-15?. The average molecular weight is 295 g/mol. The van der Waals surface area contributed by atoms with E-state index in [-0.39, 0.29) is 11.7 Å². The maximum Gasteiger partial charge on any atom is 0.160 e. The van der Waals surface area contributed by atoms with Crippen LogP contribution in [0.25, 0.3) is 0 Å². The number of nitrogens with one attached hydrogen (secondary N) is 1. The molecule has 1 rings (SSSR count). The summed E-state index contributed by atoms with van der Waals surface area (Å²) in [4.78, 5) is 11.9. The zero-order valence-electron chi connectivity index (χ0n) is 13.7. The van der Waals surface area contributed by atoms with Crippen molar-refractivity contribution in [3.8, 4) is 0 Å². The second-order valence-corrected chi connectivity index (χ2v) is 5.41. The van der Waals surface area contributed by atoms with Crippen LogP contribution in [0, 0.1) is 18.3 Å². The van der Waals surface area contributed by atoms with Gasteiger partial charge < -0.3 is 5.41 Å². The highest BCUT2D eigenvalue weighted by Crippen LogP contribution is 2.14. The highest BCUT2D eigenvalue weighted by molar-refractivity contribution is 5.95. The molecule has 0 spiro atoms. The van der Waals surface area contributed by atoms with Crippen LogP contribution in [-0.4, -0.2) is 12.0 Å². The number of allylic oxidation sites excluding steroid dienone is 2. The van der Waals surface area contributed by atoms with Crippen molar-refractivity contribution >= 4 is 12.0 Å². The number of rotatable bonds is 6. The van der Waals surface area contributed by atoms with Crippen LogP contribution in [0.2, 0.25) is 0 Å². The topological polar surface area (TPSA) is 40.9 Å². The Hall–Kier alpha value is -2.22. The smallest absolute Gasteiger partial charge is 0.160 e. The maximum absolute atomic E-state index is 11.9. The summed E-state index contributed by atoms with van der Waals surface area (Å²) < 4.78 is 0. The molecule has 1 aromatic carbocycles. The fraction of sp³-hybridized carbons (Fsp3) is 0.300. The Balaban J connectivity index is 3.30. The number of hydrogen-bond acceptors (Lipinski definition) is 2. The zero-order valence-corrected chi connectivity index (χ0v) is 13.7. The lowest BCUT2D eigenvalue weighted by atomic mass is 9.95. The average Bonchev–Trinajstić information content (AvgIpc) is 2.50. The van der Waals surface area contributed by atoms with Crippen molar-refractivity contribution in [2.75, 3.05) is 0 Å². The quantitative estimate of drug-likeness (QED) is 0.443. The molecule has 1 unspecified atom stereocenters. The SMILES string of the molecule is C/C=C/CC(C=N)Cc1ccccccc(C)c(C(C)=O)c1. The summed E-state index contributed by atoms with van der Waals surface area (Å²) in [6.07, 6.45) is 7.18. The van der Waals surface area contributed by atoms with Crippen LogP contribution in [0.4, 0.5) is 0 Å². The number of hydrogen-bond donors (Lipinski definition) is 1. The van der Waals surface area contributed by atoms with E-state index in [2.05, 4.69) is 6.08 Å². The first-order valence-electron chi connectivity index (χ1n) is 7.64. The second-order valence-electron chi connectivity index (χ2n) is 5.41. The Labute approximate surface area is 133 Å². The summed E-state index contributed by atoms with van der Waals surface area (Å²) in [6, 6.07) is 13.8. The molecule has 0 saturated heterocycles. The predicted molar refractivity (Wildman–Crippen MR) is 94.2 cm³/mol. The van der Waals surface area contributed by atoms with E-state index in [4.69, 9.17) is 5.41 Å². The van der Waals surface area contributed by atoms with Gasteiger partial charge in [0, 0.05) is 11.5 Å². The third-order valence-electron chi connectivity index (χ3n) is 3.53. The normalized spacial score (nSPS) is 11.8. The lowest BCUT2D eigenvalue weighted by Gasteiger charge is -2.09. The van der Waals surface area contributed by atoms with Crippen LogP contribution in [0.5, 0.6) is 0 Å². The Morgan fingerprint density at radius 1 is 1.23 bits per heavy atom. The Bertz CT molecular complexity index is 601. The van der Waals surface area contributed by atoms with E-state index in [1.807, 2.05) is 62.4 Å². The van der Waals surface area contributed by atoms with Gasteiger partial charge in [0.25, 0.3) is 0 Å². The first-order chi connectivity index (χ1) is 10.6. The fourth-order valence-corrected chi connectivity index (χ4v) is 2.27. The van der Waals surface area contributed by atoms with Gasteiger partial charge in [0.05, 0.1) is 0 Å². The Kier molecular flexibility index (Phi) is 7.84. The van der Waals surface area contributed by atoms with E-state index >= 15 is 0 Å². The molecule has 1 aromatic rings. The molecule has 2 heteroatoms. The van der Waals surface area contributed by atoms with Gasteiger partial charge in [-0.15, -0.1) is 0 Å². The zero-order chi connectivity index (χ0) is 16.4. The lowest BCUT2D eigenvalue weighted by Crippen LogP contribution is -2.05. The van der Waals surface area contributed by atoms with Crippen LogP contribution < -0.4 is 0 Å². The number of carbonyl (C=O) groups excluding carboxylic acids is 1. The van der Waals surface area contributed by atoms with Crippen LogP contribution in [0.15, 0.2) is 54.6 Å². The van der Waals surface area contributed by atoms with Gasteiger partial charge in [0.15, 0.2) is 5.78 Å². The van der Waals surface area contributed by atoms with Gasteiger partial charge in [-0.1, -0.05) is 48.6 Å². The first-order valence-corrected chi connectivity index (χ1v) is 7.64. The maximum atomic E-state index is 11.9. The van der Waals surface area contributed by atoms with Crippen LogP contribution in [-0.2, 0) is 6.42 Å². The number of carbonyl (C=O) groups is 1. The van der Waals surface area contributed by atoms with Crippen molar-refractivity contribution in [1.82, 2.24) is 0 Å². The molecule has 1 atom stereocenters. The lowest BCUT2D eigenvalue weighted by molar-refractivity contribution is 0.101. The van der Waals surface area contributed by atoms with E-state index in [0.717, 1.165) is 29.5 Å². The third kappa shape index (κ3) is 6.04. The van der Waals surface area contributed by atoms with Crippen molar-refractivity contribution in [2.45, 2.75) is 33.6 Å². The van der Waals surface area contributed by atoms with Crippen molar-refractivity contribution < 1.29 is 4.79 Å². The molecule has 2 nitrogen and oxygen atoms in total. The summed E-state index contributed by atoms with van der Waals surface area (Å²) >= 11 is 0. The molecule has 0 radical (unpaired) electrons. The highest BCUT2D eigenvalue weighted by atomic mass is 16.1. The van der Waals surface area contributed by atoms with E-state index in [0.29, 0.717) is 0 Å². The Morgan fingerprint density at radius 3 is 2.50 bits per heavy atom. The number of aryl methyl sites for hydroxylation is 1. The molecule has 0 bridgehead atoms. The summed E-state index contributed by atoms with van der Waals surface area (Å²) in [5.74, 6) is 0.223. The van der Waals surface area contributed by atoms with Crippen molar-refractivity contribution in [2.24, 2.45) is 5.92 Å². The summed E-state index contributed by atoms with van der Waals surface area (Å²) in [5, 5.41) is 7.59. The molecule has 0 aliphatic rings. The molecule has 0 aliphatic heterocycles. The van der Waals surface area contributed by atoms with Gasteiger partial charge in [-0.3, -0.25) is 4.79 Å². The van der Waals surface area contributed by atoms with E-state index in [9.17, 15) is 4.79 Å². The monoisotopic (exact) mass is 295 g/mol. The van der Waals surface area contributed by atoms with Crippen molar-refractivity contribution in [3.63, 3.8) is 0 Å². The van der Waals surface area contributed by atoms with E-state index < -0.39 is 0 Å². The minimum Gasteiger partial charge on any atom is -0.313 e. The minimum atomic E-state index is 0.0671. The predicted octanol–water partition coefficient (Wildman–Crippen LogP) is 5.10. The van der Waals surface area contributed by atoms with Crippen molar-refractivity contribution in [3.05, 3.63) is 71.3 Å². The second kappa shape index (κ2) is 9.67. The van der Waals surface area contributed by atoms with Gasteiger partial charge >= 0.3 is 0 Å². The molecule has 0 amide bonds. The molecule has 0 heterocycles. The molecule has 0 saturated carbocycles. The Morgan fingerprint density at radius 2 is 1.91 bits per heavy atom. The van der Waals surface area contributed by atoms with Crippen molar-refractivity contribution in [1.29, 1.82) is 5.41 Å². The first kappa shape index (κ1) is 17.8. The number of ketones is 1. The molecule has 0 aliphatic carbocycles. The van der Waals surface area contributed by atoms with E-state index in [1.165, 1.54) is 6.21 Å². The van der Waals surface area contributed by atoms with Crippen LogP contribution >= 0.6 is 0 Å². The summed E-state index contributed by atoms with van der Waals surface area (Å²) in [7, 11) is 0. The third-order valence-corrected chi connectivity index (χ3v) is 3.53. The number of Topliss-reactive ketones (excluding diaryl/α,β-unsaturated/α-hetero) is 1. The van der Waals surface area contributed by atoms with Gasteiger partial charge in [-0.2, -0.15) is 0 Å². The van der Waals surface area contributed by atoms with E-state index in [1.54, 1.807) is 6.92 Å². The van der Waals surface area contributed by atoms with Gasteiger partial charge in [0.2, 0.25) is 0 Å². The fourth-order valence-electron chi connectivity index (χ4n) is 2.27. The van der Waals surface area contributed by atoms with Crippen LogP contribution in [0.1, 0.15) is 41.8 Å². The van der Waals surface area contributed by atoms with Gasteiger partial charge in [0.1, 0.15) is 0 Å². The molecule has 1 N–H and O–H groups in total. The molecule has 116 valence electrons. The van der Waals surface area contributed by atoms with Gasteiger partial charge in [-0.25, -0.2) is 0 Å². The molecule has 22 heavy (non-hydrogen) atoms. The largest absolute Gasteiger partial charge is 0.313 e. The highest BCUT2D eigenvalue weighted by Gasteiger charge is 2.07. The molecule has 0 aromatic heterocycles. The molecule has 0 fully saturated rings. The molecular formula is C20H25NO.